The number of hydrogen-bond donors (Lipinski definition) is 2. The second-order valence-electron chi connectivity index (χ2n) is 4.29. The third-order valence-electron chi connectivity index (χ3n) is 2.60. The van der Waals surface area contributed by atoms with Crippen LogP contribution >= 0.6 is 0 Å². The minimum Gasteiger partial charge on any atom is -0.388 e. The first-order valence-corrected chi connectivity index (χ1v) is 4.78. The van der Waals surface area contributed by atoms with Crippen LogP contribution in [0.3, 0.4) is 0 Å². The Balaban J connectivity index is 2.15. The van der Waals surface area contributed by atoms with Gasteiger partial charge in [-0.05, 0) is 20.8 Å². The third-order valence-corrected chi connectivity index (χ3v) is 2.60. The van der Waals surface area contributed by atoms with Crippen molar-refractivity contribution in [2.24, 2.45) is 0 Å². The first-order valence-electron chi connectivity index (χ1n) is 4.78. The van der Waals surface area contributed by atoms with E-state index >= 15 is 0 Å². The topological polar surface area (TPSA) is 68.2 Å². The summed E-state index contributed by atoms with van der Waals surface area (Å²) >= 11 is 0. The lowest BCUT2D eigenvalue weighted by molar-refractivity contribution is -0.245. The highest BCUT2D eigenvalue weighted by Crippen LogP contribution is 2.35. The standard InChI is InChI=1S/C9H16O5/c1-4-5(10)6(11)7-8(12-4)14-9(2,3)13-7/h4-8,10-11H,1-3H3/t4?,5-,6?,7-,8-/m0/s1. The fourth-order valence-corrected chi connectivity index (χ4v) is 1.86. The van der Waals surface area contributed by atoms with Gasteiger partial charge in [0.1, 0.15) is 18.3 Å². The summed E-state index contributed by atoms with van der Waals surface area (Å²) in [5.74, 6) is -0.764. The molecule has 2 rings (SSSR count). The van der Waals surface area contributed by atoms with Crippen molar-refractivity contribution in [2.45, 2.75) is 57.3 Å². The van der Waals surface area contributed by atoms with E-state index in [0.717, 1.165) is 0 Å². The molecule has 82 valence electrons. The Kier molecular flexibility index (Phi) is 2.32. The molecule has 2 aliphatic heterocycles. The summed E-state index contributed by atoms with van der Waals surface area (Å²) in [6, 6.07) is 0. The average molecular weight is 204 g/mol. The number of aliphatic hydroxyl groups excluding tert-OH is 2. The van der Waals surface area contributed by atoms with Gasteiger partial charge < -0.3 is 24.4 Å². The van der Waals surface area contributed by atoms with Gasteiger partial charge >= 0.3 is 0 Å². The predicted octanol–water partition coefficient (Wildman–Crippen LogP) is -0.396. The number of ether oxygens (including phenoxy) is 3. The van der Waals surface area contributed by atoms with Crippen LogP contribution in [0.2, 0.25) is 0 Å². The van der Waals surface area contributed by atoms with Crippen molar-refractivity contribution in [1.29, 1.82) is 0 Å². The second kappa shape index (κ2) is 3.15. The first kappa shape index (κ1) is 10.3. The highest BCUT2D eigenvalue weighted by atomic mass is 16.8. The lowest BCUT2D eigenvalue weighted by Gasteiger charge is -2.36. The molecule has 0 aromatic rings. The average Bonchev–Trinajstić information content (AvgIpc) is 2.37. The molecular formula is C9H16O5. The minimum absolute atomic E-state index is 0.441. The fourth-order valence-electron chi connectivity index (χ4n) is 1.86. The van der Waals surface area contributed by atoms with Crippen molar-refractivity contribution >= 4 is 0 Å². The summed E-state index contributed by atoms with van der Waals surface area (Å²) in [4.78, 5) is 0. The van der Waals surface area contributed by atoms with Crippen LogP contribution in [0.1, 0.15) is 20.8 Å². The number of fused-ring (bicyclic) bond motifs is 1. The summed E-state index contributed by atoms with van der Waals surface area (Å²) in [6.45, 7) is 5.19. The monoisotopic (exact) mass is 204 g/mol. The van der Waals surface area contributed by atoms with Crippen molar-refractivity contribution in [3.05, 3.63) is 0 Å². The quantitative estimate of drug-likeness (QED) is 0.562. The van der Waals surface area contributed by atoms with Crippen molar-refractivity contribution < 1.29 is 24.4 Å². The van der Waals surface area contributed by atoms with E-state index in [1.54, 1.807) is 20.8 Å². The van der Waals surface area contributed by atoms with E-state index < -0.39 is 36.5 Å². The molecule has 5 nitrogen and oxygen atoms in total. The number of aliphatic hydroxyl groups is 2. The van der Waals surface area contributed by atoms with E-state index in [1.807, 2.05) is 0 Å². The Bertz CT molecular complexity index is 229. The van der Waals surface area contributed by atoms with Crippen molar-refractivity contribution in [3.8, 4) is 0 Å². The van der Waals surface area contributed by atoms with E-state index in [2.05, 4.69) is 0 Å². The SMILES string of the molecule is CC1O[C@H]2OC(C)(C)O[C@H]2C(O)[C@H]1O. The molecule has 5 atom stereocenters. The molecule has 2 saturated heterocycles. The van der Waals surface area contributed by atoms with Gasteiger partial charge in [-0.15, -0.1) is 0 Å². The van der Waals surface area contributed by atoms with Gasteiger partial charge in [0.05, 0.1) is 6.10 Å². The maximum atomic E-state index is 9.72. The summed E-state index contributed by atoms with van der Waals surface area (Å²) in [7, 11) is 0. The molecule has 14 heavy (non-hydrogen) atoms. The fraction of sp³-hybridized carbons (Fsp3) is 1.00. The summed E-state index contributed by atoms with van der Waals surface area (Å²) < 4.78 is 16.2. The smallest absolute Gasteiger partial charge is 0.190 e. The Labute approximate surface area is 82.6 Å². The lowest BCUT2D eigenvalue weighted by atomic mass is 10.0. The molecule has 2 N–H and O–H groups in total. The van der Waals surface area contributed by atoms with Gasteiger partial charge in [-0.3, -0.25) is 0 Å². The lowest BCUT2D eigenvalue weighted by Crippen LogP contribution is -2.55. The molecule has 2 unspecified atom stereocenters. The molecule has 2 heterocycles. The van der Waals surface area contributed by atoms with Gasteiger partial charge in [0.25, 0.3) is 0 Å². The van der Waals surface area contributed by atoms with Gasteiger partial charge in [0.15, 0.2) is 12.1 Å². The van der Waals surface area contributed by atoms with Gasteiger partial charge in [0, 0.05) is 0 Å². The molecule has 2 fully saturated rings. The Morgan fingerprint density at radius 2 is 1.71 bits per heavy atom. The zero-order chi connectivity index (χ0) is 10.5. The van der Waals surface area contributed by atoms with Gasteiger partial charge in [-0.1, -0.05) is 0 Å². The molecule has 0 aromatic carbocycles. The zero-order valence-corrected chi connectivity index (χ0v) is 8.51. The molecule has 0 aromatic heterocycles. The first-order chi connectivity index (χ1) is 6.41. The maximum Gasteiger partial charge on any atom is 0.190 e. The van der Waals surface area contributed by atoms with Gasteiger partial charge in [-0.25, -0.2) is 0 Å². The molecule has 5 heteroatoms. The van der Waals surface area contributed by atoms with E-state index in [-0.39, 0.29) is 0 Å². The van der Waals surface area contributed by atoms with Crippen LogP contribution in [0.15, 0.2) is 0 Å². The molecule has 2 aliphatic rings. The van der Waals surface area contributed by atoms with Crippen molar-refractivity contribution in [2.75, 3.05) is 0 Å². The molecule has 0 saturated carbocycles. The molecule has 0 bridgehead atoms. The largest absolute Gasteiger partial charge is 0.388 e. The van der Waals surface area contributed by atoms with Crippen LogP contribution in [0.4, 0.5) is 0 Å². The maximum absolute atomic E-state index is 9.72. The third kappa shape index (κ3) is 1.55. The van der Waals surface area contributed by atoms with Crippen molar-refractivity contribution in [1.82, 2.24) is 0 Å². The van der Waals surface area contributed by atoms with Crippen LogP contribution in [-0.4, -0.2) is 46.7 Å². The predicted molar refractivity (Wildman–Crippen MR) is 46.4 cm³/mol. The van der Waals surface area contributed by atoms with Crippen LogP contribution in [0.5, 0.6) is 0 Å². The van der Waals surface area contributed by atoms with Crippen molar-refractivity contribution in [3.63, 3.8) is 0 Å². The van der Waals surface area contributed by atoms with Gasteiger partial charge in [-0.2, -0.15) is 0 Å². The van der Waals surface area contributed by atoms with Crippen LogP contribution in [-0.2, 0) is 14.2 Å². The highest BCUT2D eigenvalue weighted by molar-refractivity contribution is 4.92. The molecule has 0 aliphatic carbocycles. The second-order valence-corrected chi connectivity index (χ2v) is 4.29. The van der Waals surface area contributed by atoms with E-state index in [9.17, 15) is 10.2 Å². The molecule has 0 amide bonds. The minimum atomic E-state index is -0.953. The van der Waals surface area contributed by atoms with E-state index in [4.69, 9.17) is 14.2 Å². The number of hydrogen-bond acceptors (Lipinski definition) is 5. The van der Waals surface area contributed by atoms with Gasteiger partial charge in [0.2, 0.25) is 0 Å². The van der Waals surface area contributed by atoms with Crippen LogP contribution < -0.4 is 0 Å². The summed E-state index contributed by atoms with van der Waals surface area (Å²) in [5.41, 5.74) is 0. The van der Waals surface area contributed by atoms with E-state index in [1.165, 1.54) is 0 Å². The summed E-state index contributed by atoms with van der Waals surface area (Å²) in [5, 5.41) is 19.3. The normalized spacial score (nSPS) is 51.6. The van der Waals surface area contributed by atoms with Crippen LogP contribution in [0, 0.1) is 0 Å². The molecule has 0 spiro atoms. The number of rotatable bonds is 0. The van der Waals surface area contributed by atoms with E-state index in [0.29, 0.717) is 0 Å². The zero-order valence-electron chi connectivity index (χ0n) is 8.51. The molecule has 0 radical (unpaired) electrons. The summed E-state index contributed by atoms with van der Waals surface area (Å²) in [6.07, 6.45) is -3.50. The Hall–Kier alpha value is -0.200. The highest BCUT2D eigenvalue weighted by Gasteiger charge is 2.52. The van der Waals surface area contributed by atoms with Crippen LogP contribution in [0.25, 0.3) is 0 Å². The Morgan fingerprint density at radius 3 is 2.36 bits per heavy atom. The Morgan fingerprint density at radius 1 is 1.07 bits per heavy atom. The molecular weight excluding hydrogens is 188 g/mol.